The van der Waals surface area contributed by atoms with E-state index in [4.69, 9.17) is 0 Å². The first-order chi connectivity index (χ1) is 10.4. The molecular formula is C14H16F3N3O2. The van der Waals surface area contributed by atoms with Crippen LogP contribution in [0.3, 0.4) is 0 Å². The number of nitrogens with zero attached hydrogens (tertiary/aromatic N) is 1. The second kappa shape index (κ2) is 6.67. The highest BCUT2D eigenvalue weighted by atomic mass is 19.4. The first-order valence-electron chi connectivity index (χ1n) is 6.86. The van der Waals surface area contributed by atoms with Crippen LogP contribution in [0.15, 0.2) is 24.3 Å². The molecule has 0 saturated carbocycles. The third-order valence-corrected chi connectivity index (χ3v) is 3.29. The van der Waals surface area contributed by atoms with Gasteiger partial charge in [-0.1, -0.05) is 0 Å². The van der Waals surface area contributed by atoms with Crippen molar-refractivity contribution in [2.45, 2.75) is 19.0 Å². The average molecular weight is 315 g/mol. The lowest BCUT2D eigenvalue weighted by atomic mass is 10.2. The van der Waals surface area contributed by atoms with E-state index in [2.05, 4.69) is 10.2 Å². The molecule has 5 nitrogen and oxygen atoms in total. The predicted octanol–water partition coefficient (Wildman–Crippen LogP) is 1.90. The summed E-state index contributed by atoms with van der Waals surface area (Å²) in [5.74, 6) is -2.85. The van der Waals surface area contributed by atoms with Crippen molar-refractivity contribution in [1.29, 1.82) is 0 Å². The summed E-state index contributed by atoms with van der Waals surface area (Å²) < 4.78 is 35.9. The van der Waals surface area contributed by atoms with Crippen LogP contribution in [0.4, 0.5) is 24.5 Å². The minimum atomic E-state index is -4.99. The summed E-state index contributed by atoms with van der Waals surface area (Å²) in [5.41, 5.74) is 1.51. The molecule has 2 amide bonds. The molecule has 8 heteroatoms. The molecule has 1 saturated heterocycles. The third-order valence-electron chi connectivity index (χ3n) is 3.29. The molecule has 0 aromatic heterocycles. The van der Waals surface area contributed by atoms with Crippen LogP contribution >= 0.6 is 0 Å². The third kappa shape index (κ3) is 4.37. The van der Waals surface area contributed by atoms with Gasteiger partial charge in [-0.25, -0.2) is 0 Å². The molecule has 1 aliphatic heterocycles. The Kier molecular flexibility index (Phi) is 4.89. The van der Waals surface area contributed by atoms with Crippen LogP contribution < -0.4 is 15.5 Å². The maximum atomic E-state index is 12.0. The molecule has 1 heterocycles. The van der Waals surface area contributed by atoms with Crippen LogP contribution in [0.2, 0.25) is 0 Å². The fourth-order valence-electron chi connectivity index (χ4n) is 2.20. The topological polar surface area (TPSA) is 61.4 Å². The van der Waals surface area contributed by atoms with E-state index >= 15 is 0 Å². The van der Waals surface area contributed by atoms with Gasteiger partial charge in [0.1, 0.15) is 0 Å². The van der Waals surface area contributed by atoms with E-state index in [0.29, 0.717) is 5.69 Å². The number of rotatable bonds is 4. The Labute approximate surface area is 125 Å². The molecule has 0 atom stereocenters. The van der Waals surface area contributed by atoms with E-state index < -0.39 is 24.5 Å². The number of carbonyl (C=O) groups excluding carboxylic acids is 2. The second-order valence-corrected chi connectivity index (χ2v) is 4.97. The Balaban J connectivity index is 1.82. The number of halogens is 3. The normalized spacial score (nSPS) is 14.8. The van der Waals surface area contributed by atoms with Crippen LogP contribution in [-0.2, 0) is 9.59 Å². The summed E-state index contributed by atoms with van der Waals surface area (Å²) in [7, 11) is 0. The lowest BCUT2D eigenvalue weighted by molar-refractivity contribution is -0.173. The highest BCUT2D eigenvalue weighted by molar-refractivity contribution is 5.95. The zero-order valence-corrected chi connectivity index (χ0v) is 11.7. The van der Waals surface area contributed by atoms with Crippen LogP contribution in [-0.4, -0.2) is 37.6 Å². The molecule has 2 N–H and O–H groups in total. The van der Waals surface area contributed by atoms with Crippen LogP contribution in [0.5, 0.6) is 0 Å². The van der Waals surface area contributed by atoms with Crippen molar-refractivity contribution in [3.8, 4) is 0 Å². The van der Waals surface area contributed by atoms with Gasteiger partial charge in [-0.3, -0.25) is 9.59 Å². The molecule has 22 heavy (non-hydrogen) atoms. The summed E-state index contributed by atoms with van der Waals surface area (Å²) >= 11 is 0. The number of benzene rings is 1. The minimum absolute atomic E-state index is 0.467. The van der Waals surface area contributed by atoms with Gasteiger partial charge in [0.15, 0.2) is 0 Å². The van der Waals surface area contributed by atoms with E-state index in [1.165, 1.54) is 5.32 Å². The van der Waals surface area contributed by atoms with E-state index in [0.717, 1.165) is 31.6 Å². The highest BCUT2D eigenvalue weighted by Gasteiger charge is 2.38. The van der Waals surface area contributed by atoms with Gasteiger partial charge in [-0.2, -0.15) is 13.2 Å². The van der Waals surface area contributed by atoms with Crippen LogP contribution in [0, 0.1) is 0 Å². The largest absolute Gasteiger partial charge is 0.471 e. The van der Waals surface area contributed by atoms with Crippen molar-refractivity contribution in [3.05, 3.63) is 24.3 Å². The summed E-state index contributed by atoms with van der Waals surface area (Å²) in [5, 5.41) is 3.94. The molecule has 0 unspecified atom stereocenters. The first-order valence-corrected chi connectivity index (χ1v) is 6.86. The Bertz CT molecular complexity index is 537. The minimum Gasteiger partial charge on any atom is -0.372 e. The number of anilines is 2. The Hall–Kier alpha value is -2.25. The van der Waals surface area contributed by atoms with Gasteiger partial charge in [0, 0.05) is 24.5 Å². The Morgan fingerprint density at radius 3 is 2.23 bits per heavy atom. The molecule has 0 aliphatic carbocycles. The standard InChI is InChI=1S/C14H16F3N3O2/c15-14(16,17)13(22)18-9-12(21)19-10-3-5-11(6-4-10)20-7-1-2-8-20/h3-6H,1-2,7-9H2,(H,18,22)(H,19,21). The molecule has 1 aliphatic rings. The second-order valence-electron chi connectivity index (χ2n) is 4.97. The quantitative estimate of drug-likeness (QED) is 0.892. The summed E-state index contributed by atoms with van der Waals surface area (Å²) in [6.45, 7) is 1.26. The molecule has 1 fully saturated rings. The lowest BCUT2D eigenvalue weighted by Gasteiger charge is -2.17. The number of alkyl halides is 3. The van der Waals surface area contributed by atoms with E-state index in [1.54, 1.807) is 12.1 Å². The van der Waals surface area contributed by atoms with Crippen molar-refractivity contribution >= 4 is 23.2 Å². The zero-order valence-electron chi connectivity index (χ0n) is 11.7. The van der Waals surface area contributed by atoms with Gasteiger partial charge in [0.05, 0.1) is 6.54 Å². The van der Waals surface area contributed by atoms with Gasteiger partial charge in [0.2, 0.25) is 5.91 Å². The number of hydrogen-bond donors (Lipinski definition) is 2. The van der Waals surface area contributed by atoms with Crippen molar-refractivity contribution in [2.24, 2.45) is 0 Å². The molecule has 1 aromatic carbocycles. The fourth-order valence-corrected chi connectivity index (χ4v) is 2.20. The molecule has 0 radical (unpaired) electrons. The number of hydrogen-bond acceptors (Lipinski definition) is 3. The van der Waals surface area contributed by atoms with Crippen LogP contribution in [0.1, 0.15) is 12.8 Å². The SMILES string of the molecule is O=C(CNC(=O)C(F)(F)F)Nc1ccc(N2CCCC2)cc1. The zero-order chi connectivity index (χ0) is 16.2. The lowest BCUT2D eigenvalue weighted by Crippen LogP contribution is -2.41. The van der Waals surface area contributed by atoms with Crippen molar-refractivity contribution in [2.75, 3.05) is 29.9 Å². The van der Waals surface area contributed by atoms with E-state index in [9.17, 15) is 22.8 Å². The Morgan fingerprint density at radius 1 is 1.09 bits per heavy atom. The number of carbonyl (C=O) groups is 2. The maximum Gasteiger partial charge on any atom is 0.471 e. The van der Waals surface area contributed by atoms with E-state index in [-0.39, 0.29) is 0 Å². The fraction of sp³-hybridized carbons (Fsp3) is 0.429. The van der Waals surface area contributed by atoms with Crippen molar-refractivity contribution < 1.29 is 22.8 Å². The Morgan fingerprint density at radius 2 is 1.68 bits per heavy atom. The van der Waals surface area contributed by atoms with Gasteiger partial charge >= 0.3 is 12.1 Å². The summed E-state index contributed by atoms with van der Waals surface area (Å²) in [4.78, 5) is 24.3. The monoisotopic (exact) mass is 315 g/mol. The maximum absolute atomic E-state index is 12.0. The first kappa shape index (κ1) is 16.1. The molecule has 2 rings (SSSR count). The number of nitrogens with one attached hydrogen (secondary N) is 2. The molecular weight excluding hydrogens is 299 g/mol. The van der Waals surface area contributed by atoms with Gasteiger partial charge in [-0.15, -0.1) is 0 Å². The average Bonchev–Trinajstić information content (AvgIpc) is 2.98. The molecule has 1 aromatic rings. The van der Waals surface area contributed by atoms with Crippen LogP contribution in [0.25, 0.3) is 0 Å². The van der Waals surface area contributed by atoms with Crippen molar-refractivity contribution in [3.63, 3.8) is 0 Å². The summed E-state index contributed by atoms with van der Waals surface area (Å²) in [6, 6.07) is 7.04. The predicted molar refractivity (Wildman–Crippen MR) is 75.6 cm³/mol. The molecule has 0 spiro atoms. The van der Waals surface area contributed by atoms with E-state index in [1.807, 2.05) is 12.1 Å². The van der Waals surface area contributed by atoms with Gasteiger partial charge in [0.25, 0.3) is 0 Å². The molecule has 0 bridgehead atoms. The summed E-state index contributed by atoms with van der Waals surface area (Å²) in [6.07, 6.45) is -2.69. The molecule has 120 valence electrons. The van der Waals surface area contributed by atoms with Crippen molar-refractivity contribution in [1.82, 2.24) is 5.32 Å². The van der Waals surface area contributed by atoms with Gasteiger partial charge in [-0.05, 0) is 37.1 Å². The smallest absolute Gasteiger partial charge is 0.372 e. The van der Waals surface area contributed by atoms with Gasteiger partial charge < -0.3 is 15.5 Å². The number of amides is 2. The highest BCUT2D eigenvalue weighted by Crippen LogP contribution is 2.22.